The molecular formula is C13H15N3O5. The molecule has 1 aromatic carbocycles. The second-order valence-electron chi connectivity index (χ2n) is 4.16. The summed E-state index contributed by atoms with van der Waals surface area (Å²) < 4.78 is 0. The van der Waals surface area contributed by atoms with Crippen LogP contribution in [0.4, 0.5) is 16.2 Å². The number of rotatable bonds is 5. The molecule has 0 aromatic heterocycles. The van der Waals surface area contributed by atoms with E-state index in [0.29, 0.717) is 11.4 Å². The quantitative estimate of drug-likeness (QED) is 0.648. The van der Waals surface area contributed by atoms with Gasteiger partial charge >= 0.3 is 12.0 Å². The lowest BCUT2D eigenvalue weighted by Gasteiger charge is -2.08. The van der Waals surface area contributed by atoms with Crippen LogP contribution < -0.4 is 16.0 Å². The van der Waals surface area contributed by atoms with Gasteiger partial charge in [0.1, 0.15) is 0 Å². The van der Waals surface area contributed by atoms with Crippen LogP contribution in [-0.2, 0) is 14.4 Å². The van der Waals surface area contributed by atoms with Gasteiger partial charge in [0.15, 0.2) is 0 Å². The number of hydrogen-bond donors (Lipinski definition) is 4. The van der Waals surface area contributed by atoms with Crippen LogP contribution in [0, 0.1) is 0 Å². The van der Waals surface area contributed by atoms with Gasteiger partial charge in [-0.1, -0.05) is 6.07 Å². The van der Waals surface area contributed by atoms with Crippen molar-refractivity contribution in [1.29, 1.82) is 0 Å². The first kappa shape index (κ1) is 16.2. The number of anilines is 2. The fourth-order valence-electron chi connectivity index (χ4n) is 1.45. The Labute approximate surface area is 120 Å². The van der Waals surface area contributed by atoms with E-state index in [1.165, 1.54) is 13.0 Å². The van der Waals surface area contributed by atoms with E-state index in [9.17, 15) is 19.2 Å². The molecular weight excluding hydrogens is 278 g/mol. The Hall–Kier alpha value is -2.90. The molecule has 0 aliphatic heterocycles. The SMILES string of the molecule is CC(=O)Nc1cccc(NC(=O)NC(=O)CCC(=O)O)c1. The molecule has 0 saturated heterocycles. The summed E-state index contributed by atoms with van der Waals surface area (Å²) >= 11 is 0. The molecule has 0 heterocycles. The molecule has 112 valence electrons. The number of carbonyl (C=O) groups excluding carboxylic acids is 3. The van der Waals surface area contributed by atoms with Crippen molar-refractivity contribution in [2.45, 2.75) is 19.8 Å². The summed E-state index contributed by atoms with van der Waals surface area (Å²) in [5, 5.41) is 15.4. The standard InChI is InChI=1S/C13H15N3O5/c1-8(17)14-9-3-2-4-10(7-9)15-13(21)16-11(18)5-6-12(19)20/h2-4,7H,5-6H2,1H3,(H,14,17)(H,19,20)(H2,15,16,18,21). The molecule has 0 atom stereocenters. The number of benzene rings is 1. The van der Waals surface area contributed by atoms with Crippen LogP contribution in [0.5, 0.6) is 0 Å². The molecule has 8 nitrogen and oxygen atoms in total. The highest BCUT2D eigenvalue weighted by molar-refractivity contribution is 6.02. The van der Waals surface area contributed by atoms with Gasteiger partial charge in [0.05, 0.1) is 6.42 Å². The zero-order valence-electron chi connectivity index (χ0n) is 11.3. The number of imide groups is 1. The van der Waals surface area contributed by atoms with Crippen LogP contribution in [0.3, 0.4) is 0 Å². The zero-order chi connectivity index (χ0) is 15.8. The zero-order valence-corrected chi connectivity index (χ0v) is 11.3. The molecule has 0 aliphatic rings. The summed E-state index contributed by atoms with van der Waals surface area (Å²) in [6, 6.07) is 5.58. The first-order valence-corrected chi connectivity index (χ1v) is 6.07. The predicted molar refractivity (Wildman–Crippen MR) is 74.8 cm³/mol. The van der Waals surface area contributed by atoms with Gasteiger partial charge in [-0.15, -0.1) is 0 Å². The van der Waals surface area contributed by atoms with Crippen LogP contribution in [-0.4, -0.2) is 28.9 Å². The topological polar surface area (TPSA) is 125 Å². The van der Waals surface area contributed by atoms with E-state index in [1.54, 1.807) is 18.2 Å². The number of aliphatic carboxylic acids is 1. The Morgan fingerprint density at radius 2 is 1.67 bits per heavy atom. The van der Waals surface area contributed by atoms with Crippen LogP contribution in [0.25, 0.3) is 0 Å². The van der Waals surface area contributed by atoms with Crippen LogP contribution in [0.2, 0.25) is 0 Å². The molecule has 0 spiro atoms. The van der Waals surface area contributed by atoms with E-state index >= 15 is 0 Å². The molecule has 1 aromatic rings. The Morgan fingerprint density at radius 3 is 2.24 bits per heavy atom. The second-order valence-corrected chi connectivity index (χ2v) is 4.16. The average molecular weight is 293 g/mol. The lowest BCUT2D eigenvalue weighted by Crippen LogP contribution is -2.34. The van der Waals surface area contributed by atoms with E-state index in [4.69, 9.17) is 5.11 Å². The number of urea groups is 1. The van der Waals surface area contributed by atoms with Gasteiger partial charge in [0.25, 0.3) is 0 Å². The van der Waals surface area contributed by atoms with Crippen molar-refractivity contribution < 1.29 is 24.3 Å². The van der Waals surface area contributed by atoms with Crippen molar-refractivity contribution in [2.24, 2.45) is 0 Å². The summed E-state index contributed by atoms with van der Waals surface area (Å²) in [7, 11) is 0. The van der Waals surface area contributed by atoms with Gasteiger partial charge in [-0.3, -0.25) is 19.7 Å². The molecule has 8 heteroatoms. The number of hydrogen-bond acceptors (Lipinski definition) is 4. The molecule has 0 saturated carbocycles. The van der Waals surface area contributed by atoms with Gasteiger partial charge in [-0.25, -0.2) is 4.79 Å². The molecule has 4 N–H and O–H groups in total. The number of nitrogens with one attached hydrogen (secondary N) is 3. The summed E-state index contributed by atoms with van der Waals surface area (Å²) in [5.41, 5.74) is 0.877. The Kier molecular flexibility index (Phi) is 5.87. The monoisotopic (exact) mass is 293 g/mol. The molecule has 1 rings (SSSR count). The molecule has 0 aliphatic carbocycles. The maximum Gasteiger partial charge on any atom is 0.325 e. The first-order valence-electron chi connectivity index (χ1n) is 6.07. The minimum Gasteiger partial charge on any atom is -0.481 e. The lowest BCUT2D eigenvalue weighted by atomic mass is 10.2. The fourth-order valence-corrected chi connectivity index (χ4v) is 1.45. The number of amides is 4. The van der Waals surface area contributed by atoms with Gasteiger partial charge in [0, 0.05) is 24.7 Å². The van der Waals surface area contributed by atoms with Gasteiger partial charge in [-0.2, -0.15) is 0 Å². The molecule has 0 fully saturated rings. The maximum atomic E-state index is 11.5. The highest BCUT2D eigenvalue weighted by Crippen LogP contribution is 2.14. The number of carbonyl (C=O) groups is 4. The normalized spacial score (nSPS) is 9.57. The van der Waals surface area contributed by atoms with Crippen molar-refractivity contribution in [3.05, 3.63) is 24.3 Å². The molecule has 0 unspecified atom stereocenters. The third kappa shape index (κ3) is 6.71. The van der Waals surface area contributed by atoms with Crippen molar-refractivity contribution in [2.75, 3.05) is 10.6 Å². The highest BCUT2D eigenvalue weighted by Gasteiger charge is 2.10. The summed E-state index contributed by atoms with van der Waals surface area (Å²) in [6.45, 7) is 1.36. The third-order valence-corrected chi connectivity index (χ3v) is 2.26. The van der Waals surface area contributed by atoms with E-state index in [1.807, 2.05) is 5.32 Å². The smallest absolute Gasteiger partial charge is 0.325 e. The fraction of sp³-hybridized carbons (Fsp3) is 0.231. The average Bonchev–Trinajstić information content (AvgIpc) is 2.35. The maximum absolute atomic E-state index is 11.5. The Balaban J connectivity index is 2.52. The second kappa shape index (κ2) is 7.63. The molecule has 0 bridgehead atoms. The molecule has 4 amide bonds. The summed E-state index contributed by atoms with van der Waals surface area (Å²) in [6.07, 6.45) is -0.633. The Morgan fingerprint density at radius 1 is 1.05 bits per heavy atom. The summed E-state index contributed by atoms with van der Waals surface area (Å²) in [5.74, 6) is -2.05. The minimum absolute atomic E-state index is 0.250. The highest BCUT2D eigenvalue weighted by atomic mass is 16.4. The van der Waals surface area contributed by atoms with Gasteiger partial charge in [0.2, 0.25) is 11.8 Å². The van der Waals surface area contributed by atoms with E-state index in [2.05, 4.69) is 10.6 Å². The van der Waals surface area contributed by atoms with E-state index < -0.39 is 17.9 Å². The lowest BCUT2D eigenvalue weighted by molar-refractivity contribution is -0.138. The largest absolute Gasteiger partial charge is 0.481 e. The third-order valence-electron chi connectivity index (χ3n) is 2.26. The molecule has 21 heavy (non-hydrogen) atoms. The van der Waals surface area contributed by atoms with Crippen LogP contribution in [0.15, 0.2) is 24.3 Å². The van der Waals surface area contributed by atoms with Crippen LogP contribution >= 0.6 is 0 Å². The molecule has 0 radical (unpaired) electrons. The van der Waals surface area contributed by atoms with Crippen LogP contribution in [0.1, 0.15) is 19.8 Å². The van der Waals surface area contributed by atoms with Crippen molar-refractivity contribution >= 4 is 35.2 Å². The Bertz CT molecular complexity index is 571. The predicted octanol–water partition coefficient (Wildman–Crippen LogP) is 1.16. The van der Waals surface area contributed by atoms with E-state index in [0.717, 1.165) is 0 Å². The minimum atomic E-state index is -1.12. The van der Waals surface area contributed by atoms with Gasteiger partial charge in [-0.05, 0) is 18.2 Å². The van der Waals surface area contributed by atoms with Crippen molar-refractivity contribution in [3.8, 4) is 0 Å². The van der Waals surface area contributed by atoms with Gasteiger partial charge < -0.3 is 15.7 Å². The summed E-state index contributed by atoms with van der Waals surface area (Å²) in [4.78, 5) is 44.0. The number of carboxylic acid groups (broad SMARTS) is 1. The first-order chi connectivity index (χ1) is 9.86. The van der Waals surface area contributed by atoms with E-state index in [-0.39, 0.29) is 18.7 Å². The number of carboxylic acids is 1. The van der Waals surface area contributed by atoms with Crippen molar-refractivity contribution in [3.63, 3.8) is 0 Å². The van der Waals surface area contributed by atoms with Crippen molar-refractivity contribution in [1.82, 2.24) is 5.32 Å².